The summed E-state index contributed by atoms with van der Waals surface area (Å²) in [5.74, 6) is 0.738. The number of fused-ring (bicyclic) bond motifs is 1. The van der Waals surface area contributed by atoms with E-state index in [9.17, 15) is 0 Å². The third-order valence-electron chi connectivity index (χ3n) is 5.13. The van der Waals surface area contributed by atoms with E-state index in [1.165, 1.54) is 56.1 Å². The van der Waals surface area contributed by atoms with Crippen molar-refractivity contribution in [3.05, 3.63) is 48.3 Å². The molecule has 1 aliphatic rings. The Bertz CT molecular complexity index is 765. The Morgan fingerprint density at radius 2 is 1.61 bits per heavy atom. The molecular weight excluding hydrogens is 282 g/mol. The van der Waals surface area contributed by atoms with Crippen LogP contribution in [0.3, 0.4) is 0 Å². The molecule has 0 radical (unpaired) electrons. The van der Waals surface area contributed by atoms with Gasteiger partial charge < -0.3 is 0 Å². The van der Waals surface area contributed by atoms with Gasteiger partial charge in [0, 0.05) is 17.1 Å². The molecule has 3 nitrogen and oxygen atoms in total. The summed E-state index contributed by atoms with van der Waals surface area (Å²) in [7, 11) is 0. The smallest absolute Gasteiger partial charge is 0.0811 e. The second-order valence-corrected chi connectivity index (χ2v) is 6.65. The highest BCUT2D eigenvalue weighted by molar-refractivity contribution is 5.91. The molecule has 2 aromatic heterocycles. The summed E-state index contributed by atoms with van der Waals surface area (Å²) in [4.78, 5) is 4.56. The van der Waals surface area contributed by atoms with Crippen molar-refractivity contribution in [3.63, 3.8) is 0 Å². The average molecular weight is 305 g/mol. The van der Waals surface area contributed by atoms with Crippen molar-refractivity contribution in [2.24, 2.45) is 0 Å². The maximum atomic E-state index is 4.56. The first-order valence-electron chi connectivity index (χ1n) is 8.80. The van der Waals surface area contributed by atoms with Crippen LogP contribution < -0.4 is 0 Å². The summed E-state index contributed by atoms with van der Waals surface area (Å²) < 4.78 is 0. The molecule has 0 atom stereocenters. The first-order chi connectivity index (χ1) is 11.4. The lowest BCUT2D eigenvalue weighted by atomic mass is 9.85. The third kappa shape index (κ3) is 3.00. The molecule has 1 fully saturated rings. The molecule has 23 heavy (non-hydrogen) atoms. The zero-order valence-corrected chi connectivity index (χ0v) is 13.5. The molecule has 1 N–H and O–H groups in total. The second-order valence-electron chi connectivity index (χ2n) is 6.65. The van der Waals surface area contributed by atoms with E-state index in [2.05, 4.69) is 39.4 Å². The Morgan fingerprint density at radius 3 is 2.39 bits per heavy atom. The topological polar surface area (TPSA) is 41.6 Å². The minimum atomic E-state index is 0.738. The monoisotopic (exact) mass is 305 g/mol. The number of benzene rings is 1. The van der Waals surface area contributed by atoms with Crippen molar-refractivity contribution < 1.29 is 0 Å². The Balaban J connectivity index is 1.61. The molecule has 4 rings (SSSR count). The fourth-order valence-electron chi connectivity index (χ4n) is 3.80. The molecule has 1 aliphatic carbocycles. The highest BCUT2D eigenvalue weighted by atomic mass is 15.1. The Hall–Kier alpha value is -2.16. The van der Waals surface area contributed by atoms with E-state index < -0.39 is 0 Å². The van der Waals surface area contributed by atoms with Crippen LogP contribution in [0.25, 0.3) is 22.2 Å². The maximum absolute atomic E-state index is 4.56. The summed E-state index contributed by atoms with van der Waals surface area (Å²) >= 11 is 0. The van der Waals surface area contributed by atoms with Gasteiger partial charge in [-0.3, -0.25) is 10.1 Å². The quantitative estimate of drug-likeness (QED) is 0.683. The Kier molecular flexibility index (Phi) is 4.10. The van der Waals surface area contributed by atoms with Gasteiger partial charge in [-0.25, -0.2) is 0 Å². The van der Waals surface area contributed by atoms with E-state index >= 15 is 0 Å². The van der Waals surface area contributed by atoms with E-state index in [0.717, 1.165) is 22.5 Å². The number of hydrogen-bond acceptors (Lipinski definition) is 2. The van der Waals surface area contributed by atoms with E-state index in [4.69, 9.17) is 0 Å². The number of nitrogens with one attached hydrogen (secondary N) is 1. The van der Waals surface area contributed by atoms with E-state index in [-0.39, 0.29) is 0 Å². The Labute approximate surface area is 137 Å². The normalized spacial score (nSPS) is 17.0. The minimum absolute atomic E-state index is 0.738. The van der Waals surface area contributed by atoms with Crippen molar-refractivity contribution in [2.45, 2.75) is 50.9 Å². The van der Waals surface area contributed by atoms with E-state index in [0.29, 0.717) is 0 Å². The molecule has 2 heterocycles. The van der Waals surface area contributed by atoms with Crippen molar-refractivity contribution in [1.29, 1.82) is 0 Å². The molecule has 118 valence electrons. The number of aromatic amines is 1. The van der Waals surface area contributed by atoms with Crippen LogP contribution in [0.15, 0.2) is 42.7 Å². The summed E-state index contributed by atoms with van der Waals surface area (Å²) in [6.45, 7) is 0. The molecular formula is C20H23N3. The standard InChI is InChI=1S/C20H23N3/c1-2-4-6-15(7-5-3-1)16-8-10-17(11-9-16)20-18-14-22-23-19(18)12-13-21-20/h8-15H,1-7H2,(H,22,23). The van der Waals surface area contributed by atoms with Gasteiger partial charge in [0.2, 0.25) is 0 Å². The number of aromatic nitrogens is 3. The van der Waals surface area contributed by atoms with Crippen LogP contribution in [0.4, 0.5) is 0 Å². The largest absolute Gasteiger partial charge is 0.278 e. The fraction of sp³-hybridized carbons (Fsp3) is 0.400. The van der Waals surface area contributed by atoms with Crippen LogP contribution in [0.1, 0.15) is 56.4 Å². The highest BCUT2D eigenvalue weighted by Crippen LogP contribution is 2.32. The van der Waals surface area contributed by atoms with E-state index in [1.807, 2.05) is 18.5 Å². The van der Waals surface area contributed by atoms with Gasteiger partial charge in [0.05, 0.1) is 17.4 Å². The van der Waals surface area contributed by atoms with Crippen LogP contribution in [-0.2, 0) is 0 Å². The SMILES string of the molecule is c1cc2[nH]ncc2c(-c2ccc(C3CCCCCCC3)cc2)n1. The molecule has 1 saturated carbocycles. The highest BCUT2D eigenvalue weighted by Gasteiger charge is 2.14. The van der Waals surface area contributed by atoms with E-state index in [1.54, 1.807) is 0 Å². The van der Waals surface area contributed by atoms with Crippen LogP contribution in [0.5, 0.6) is 0 Å². The van der Waals surface area contributed by atoms with Crippen LogP contribution in [0.2, 0.25) is 0 Å². The number of pyridine rings is 1. The molecule has 0 unspecified atom stereocenters. The third-order valence-corrected chi connectivity index (χ3v) is 5.13. The Morgan fingerprint density at radius 1 is 0.870 bits per heavy atom. The molecule has 0 spiro atoms. The summed E-state index contributed by atoms with van der Waals surface area (Å²) in [6, 6.07) is 11.0. The van der Waals surface area contributed by atoms with Crippen molar-refractivity contribution in [2.75, 3.05) is 0 Å². The molecule has 0 amide bonds. The van der Waals surface area contributed by atoms with Gasteiger partial charge in [-0.05, 0) is 30.4 Å². The summed E-state index contributed by atoms with van der Waals surface area (Å²) in [5, 5.41) is 8.24. The number of nitrogens with zero attached hydrogens (tertiary/aromatic N) is 2. The number of hydrogen-bond donors (Lipinski definition) is 1. The molecule has 0 bridgehead atoms. The predicted octanol–water partition coefficient (Wildman–Crippen LogP) is 5.45. The predicted molar refractivity (Wildman–Crippen MR) is 94.4 cm³/mol. The van der Waals surface area contributed by atoms with Gasteiger partial charge in [-0.2, -0.15) is 5.10 Å². The van der Waals surface area contributed by atoms with Gasteiger partial charge >= 0.3 is 0 Å². The molecule has 3 aromatic rings. The summed E-state index contributed by atoms with van der Waals surface area (Å²) in [6.07, 6.45) is 13.4. The lowest BCUT2D eigenvalue weighted by molar-refractivity contribution is 0.455. The second kappa shape index (κ2) is 6.53. The van der Waals surface area contributed by atoms with Crippen molar-refractivity contribution in [1.82, 2.24) is 15.2 Å². The maximum Gasteiger partial charge on any atom is 0.0811 e. The van der Waals surface area contributed by atoms with Gasteiger partial charge in [-0.1, -0.05) is 56.4 Å². The van der Waals surface area contributed by atoms with Crippen molar-refractivity contribution in [3.8, 4) is 11.3 Å². The first-order valence-corrected chi connectivity index (χ1v) is 8.80. The first kappa shape index (κ1) is 14.4. The van der Waals surface area contributed by atoms with Crippen LogP contribution in [0, 0.1) is 0 Å². The molecule has 3 heteroatoms. The van der Waals surface area contributed by atoms with Gasteiger partial charge in [0.15, 0.2) is 0 Å². The molecule has 1 aromatic carbocycles. The van der Waals surface area contributed by atoms with Gasteiger partial charge in [-0.15, -0.1) is 0 Å². The molecule has 0 aliphatic heterocycles. The average Bonchev–Trinajstić information content (AvgIpc) is 3.03. The lowest BCUT2D eigenvalue weighted by Gasteiger charge is -2.20. The minimum Gasteiger partial charge on any atom is -0.278 e. The fourth-order valence-corrected chi connectivity index (χ4v) is 3.80. The van der Waals surface area contributed by atoms with Crippen molar-refractivity contribution >= 4 is 10.9 Å². The zero-order chi connectivity index (χ0) is 15.5. The molecule has 0 saturated heterocycles. The lowest BCUT2D eigenvalue weighted by Crippen LogP contribution is -2.02. The van der Waals surface area contributed by atoms with Crippen LogP contribution in [-0.4, -0.2) is 15.2 Å². The zero-order valence-electron chi connectivity index (χ0n) is 13.5. The number of rotatable bonds is 2. The summed E-state index contributed by atoms with van der Waals surface area (Å²) in [5.41, 5.74) is 4.72. The van der Waals surface area contributed by atoms with Gasteiger partial charge in [0.25, 0.3) is 0 Å². The van der Waals surface area contributed by atoms with Crippen LogP contribution >= 0.6 is 0 Å². The van der Waals surface area contributed by atoms with Gasteiger partial charge in [0.1, 0.15) is 0 Å². The number of H-pyrrole nitrogens is 1.